The number of hydrogen-bond acceptors (Lipinski definition) is 3. The molecule has 6 heteroatoms. The smallest absolute Gasteiger partial charge is 0.239 e. The van der Waals surface area contributed by atoms with Gasteiger partial charge in [-0.15, -0.1) is 22.9 Å². The van der Waals surface area contributed by atoms with Gasteiger partial charge in [0.25, 0.3) is 0 Å². The topological polar surface area (TPSA) is 46.2 Å². The minimum absolute atomic E-state index is 0.0971. The monoisotopic (exact) mass is 327 g/mol. The van der Waals surface area contributed by atoms with Gasteiger partial charge >= 0.3 is 0 Å². The van der Waals surface area contributed by atoms with Gasteiger partial charge in [-0.05, 0) is 23.8 Å². The molecule has 0 atom stereocenters. The molecule has 0 unspecified atom stereocenters. The molecular weight excluding hydrogens is 317 g/mol. The maximum atomic E-state index is 11.6. The van der Waals surface area contributed by atoms with Crippen molar-refractivity contribution in [3.63, 3.8) is 0 Å². The second-order valence-electron chi connectivity index (χ2n) is 4.10. The first kappa shape index (κ1) is 15.0. The number of benzene rings is 1. The number of amides is 1. The third-order valence-corrected chi connectivity index (χ3v) is 4.36. The lowest BCUT2D eigenvalue weighted by Gasteiger charge is -2.01. The maximum absolute atomic E-state index is 11.6. The molecule has 1 aromatic heterocycles. The van der Waals surface area contributed by atoms with Crippen LogP contribution in [-0.4, -0.2) is 17.6 Å². The molecule has 104 valence electrons. The zero-order chi connectivity index (χ0) is 14.7. The summed E-state index contributed by atoms with van der Waals surface area (Å²) < 4.78 is 0. The minimum atomic E-state index is -0.338. The Hall–Kier alpha value is -1.36. The van der Waals surface area contributed by atoms with Crippen molar-refractivity contribution in [2.24, 2.45) is 0 Å². The maximum Gasteiger partial charge on any atom is 0.239 e. The summed E-state index contributed by atoms with van der Waals surface area (Å²) in [5.74, 6) is -0.585. The number of carbonyl (C=O) groups is 2. The van der Waals surface area contributed by atoms with Gasteiger partial charge in [0.05, 0.1) is 10.6 Å². The number of halogens is 2. The van der Waals surface area contributed by atoms with Crippen LogP contribution in [0.2, 0.25) is 5.02 Å². The van der Waals surface area contributed by atoms with Crippen molar-refractivity contribution in [2.45, 2.75) is 6.92 Å². The molecule has 20 heavy (non-hydrogen) atoms. The lowest BCUT2D eigenvalue weighted by molar-refractivity contribution is -0.113. The number of ketones is 1. The molecule has 1 amide bonds. The van der Waals surface area contributed by atoms with Gasteiger partial charge in [-0.25, -0.2) is 0 Å². The fraction of sp³-hybridized carbons (Fsp3) is 0.143. The molecule has 3 nitrogen and oxygen atoms in total. The molecule has 0 saturated carbocycles. The zero-order valence-electron chi connectivity index (χ0n) is 10.6. The van der Waals surface area contributed by atoms with Gasteiger partial charge in [0.15, 0.2) is 5.78 Å². The highest BCUT2D eigenvalue weighted by Crippen LogP contribution is 2.35. The van der Waals surface area contributed by atoms with E-state index in [0.717, 1.165) is 10.4 Å². The number of hydrogen-bond donors (Lipinski definition) is 1. The summed E-state index contributed by atoms with van der Waals surface area (Å²) >= 11 is 12.6. The van der Waals surface area contributed by atoms with Crippen LogP contribution in [0.3, 0.4) is 0 Å². The first-order chi connectivity index (χ1) is 9.51. The minimum Gasteiger partial charge on any atom is -0.324 e. The average molecular weight is 328 g/mol. The highest BCUT2D eigenvalue weighted by Gasteiger charge is 2.15. The van der Waals surface area contributed by atoms with Gasteiger partial charge in [0.1, 0.15) is 5.88 Å². The molecule has 0 spiro atoms. The third-order valence-electron chi connectivity index (χ3n) is 2.58. The molecule has 1 aromatic carbocycles. The molecule has 0 saturated heterocycles. The summed E-state index contributed by atoms with van der Waals surface area (Å²) in [6.45, 7) is 1.47. The van der Waals surface area contributed by atoms with Crippen LogP contribution in [0.25, 0.3) is 10.4 Å². The Balaban J connectivity index is 2.40. The summed E-state index contributed by atoms with van der Waals surface area (Å²) in [4.78, 5) is 24.4. The second kappa shape index (κ2) is 6.39. The molecule has 0 aliphatic rings. The van der Waals surface area contributed by atoms with Crippen LogP contribution in [0.5, 0.6) is 0 Å². The highest BCUT2D eigenvalue weighted by atomic mass is 35.5. The second-order valence-corrected chi connectivity index (χ2v) is 5.85. The fourth-order valence-corrected chi connectivity index (χ4v) is 2.89. The first-order valence-corrected chi connectivity index (χ1v) is 7.50. The zero-order valence-corrected chi connectivity index (χ0v) is 12.9. The van der Waals surface area contributed by atoms with Crippen LogP contribution in [-0.2, 0) is 4.79 Å². The Bertz CT molecular complexity index is 650. The van der Waals surface area contributed by atoms with Crippen LogP contribution < -0.4 is 5.32 Å². The van der Waals surface area contributed by atoms with Gasteiger partial charge in [0.2, 0.25) is 5.91 Å². The number of Topliss-reactive ketones (excluding diaryl/α,β-unsaturated/α-hetero) is 1. The van der Waals surface area contributed by atoms with Crippen molar-refractivity contribution >= 4 is 51.9 Å². The van der Waals surface area contributed by atoms with Crippen molar-refractivity contribution in [3.05, 3.63) is 40.2 Å². The summed E-state index contributed by atoms with van der Waals surface area (Å²) in [7, 11) is 0. The number of anilines is 1. The van der Waals surface area contributed by atoms with Gasteiger partial charge < -0.3 is 5.32 Å². The van der Waals surface area contributed by atoms with Gasteiger partial charge in [0, 0.05) is 16.8 Å². The molecule has 0 bridgehead atoms. The molecule has 0 aliphatic heterocycles. The molecule has 2 rings (SSSR count). The van der Waals surface area contributed by atoms with Crippen molar-refractivity contribution in [1.29, 1.82) is 0 Å². The van der Waals surface area contributed by atoms with E-state index in [1.807, 2.05) is 12.1 Å². The van der Waals surface area contributed by atoms with E-state index in [4.69, 9.17) is 23.2 Å². The van der Waals surface area contributed by atoms with E-state index in [1.54, 1.807) is 18.2 Å². The molecular formula is C14H11Cl2NO2S. The van der Waals surface area contributed by atoms with Gasteiger partial charge in [-0.2, -0.15) is 0 Å². The third kappa shape index (κ3) is 3.39. The number of carbonyl (C=O) groups excluding carboxylic acids is 2. The Morgan fingerprint density at radius 3 is 2.45 bits per heavy atom. The predicted molar refractivity (Wildman–Crippen MR) is 84.1 cm³/mol. The van der Waals surface area contributed by atoms with Gasteiger partial charge in [-0.3, -0.25) is 9.59 Å². The molecule has 0 fully saturated rings. The quantitative estimate of drug-likeness (QED) is 0.666. The standard InChI is InChI=1S/C14H11Cl2NO2S/c1-8(18)14-11(17-13(19)7-15)6-12(20-14)9-2-4-10(16)5-3-9/h2-6H,7H2,1H3,(H,17,19). The molecule has 0 aliphatic carbocycles. The van der Waals surface area contributed by atoms with E-state index < -0.39 is 0 Å². The Morgan fingerprint density at radius 2 is 1.90 bits per heavy atom. The number of thiophene rings is 1. The van der Waals surface area contributed by atoms with Gasteiger partial charge in [-0.1, -0.05) is 23.7 Å². The number of alkyl halides is 1. The average Bonchev–Trinajstić information content (AvgIpc) is 2.83. The summed E-state index contributed by atoms with van der Waals surface area (Å²) in [5.41, 5.74) is 1.44. The van der Waals surface area contributed by atoms with Crippen LogP contribution >= 0.6 is 34.5 Å². The lowest BCUT2D eigenvalue weighted by Crippen LogP contribution is -2.13. The Morgan fingerprint density at radius 1 is 1.25 bits per heavy atom. The van der Waals surface area contributed by atoms with E-state index in [9.17, 15) is 9.59 Å². The van der Waals surface area contributed by atoms with E-state index in [1.165, 1.54) is 18.3 Å². The van der Waals surface area contributed by atoms with E-state index in [0.29, 0.717) is 15.6 Å². The fourth-order valence-electron chi connectivity index (χ4n) is 1.69. The molecule has 0 radical (unpaired) electrons. The largest absolute Gasteiger partial charge is 0.324 e. The molecule has 1 heterocycles. The summed E-state index contributed by atoms with van der Waals surface area (Å²) in [6.07, 6.45) is 0. The van der Waals surface area contributed by atoms with E-state index in [2.05, 4.69) is 5.32 Å². The van der Waals surface area contributed by atoms with Crippen molar-refractivity contribution < 1.29 is 9.59 Å². The Labute approximate surface area is 130 Å². The van der Waals surface area contributed by atoms with E-state index >= 15 is 0 Å². The SMILES string of the molecule is CC(=O)c1sc(-c2ccc(Cl)cc2)cc1NC(=O)CCl. The first-order valence-electron chi connectivity index (χ1n) is 5.78. The van der Waals surface area contributed by atoms with Crippen LogP contribution in [0.1, 0.15) is 16.6 Å². The predicted octanol–water partition coefficient (Wildman–Crippen LogP) is 4.45. The summed E-state index contributed by atoms with van der Waals surface area (Å²) in [5, 5.41) is 3.28. The van der Waals surface area contributed by atoms with Crippen molar-refractivity contribution in [1.82, 2.24) is 0 Å². The number of rotatable bonds is 4. The van der Waals surface area contributed by atoms with Crippen molar-refractivity contribution in [3.8, 4) is 10.4 Å². The normalized spacial score (nSPS) is 10.3. The Kier molecular flexibility index (Phi) is 4.81. The summed E-state index contributed by atoms with van der Waals surface area (Å²) in [6, 6.07) is 9.06. The highest BCUT2D eigenvalue weighted by molar-refractivity contribution is 7.18. The van der Waals surface area contributed by atoms with Crippen LogP contribution in [0.4, 0.5) is 5.69 Å². The van der Waals surface area contributed by atoms with E-state index in [-0.39, 0.29) is 17.6 Å². The molecule has 1 N–H and O–H groups in total. The van der Waals surface area contributed by atoms with Crippen molar-refractivity contribution in [2.75, 3.05) is 11.2 Å². The number of nitrogens with one attached hydrogen (secondary N) is 1. The molecule has 2 aromatic rings. The van der Waals surface area contributed by atoms with Crippen LogP contribution in [0, 0.1) is 0 Å². The van der Waals surface area contributed by atoms with Crippen LogP contribution in [0.15, 0.2) is 30.3 Å². The lowest BCUT2D eigenvalue weighted by atomic mass is 10.2.